The van der Waals surface area contributed by atoms with E-state index in [1.165, 1.54) is 6.42 Å². The van der Waals surface area contributed by atoms with E-state index in [4.69, 9.17) is 14.3 Å². The van der Waals surface area contributed by atoms with Crippen molar-refractivity contribution in [2.24, 2.45) is 12.2 Å². The maximum atomic E-state index is 12.3. The van der Waals surface area contributed by atoms with E-state index in [-0.39, 0.29) is 18.7 Å². The lowest BCUT2D eigenvalue weighted by Gasteiger charge is -2.21. The Labute approximate surface area is 194 Å². The molecule has 0 radical (unpaired) electrons. The van der Waals surface area contributed by atoms with Crippen LogP contribution in [0.2, 0.25) is 0 Å². The molecular weight excluding hydrogens is 418 g/mol. The van der Waals surface area contributed by atoms with Gasteiger partial charge in [0.15, 0.2) is 0 Å². The molecule has 0 bridgehead atoms. The third-order valence-corrected chi connectivity index (χ3v) is 5.67. The van der Waals surface area contributed by atoms with Crippen molar-refractivity contribution in [3.63, 3.8) is 0 Å². The van der Waals surface area contributed by atoms with Crippen molar-refractivity contribution in [2.45, 2.75) is 51.7 Å². The molecule has 1 aromatic heterocycles. The summed E-state index contributed by atoms with van der Waals surface area (Å²) in [4.78, 5) is 17.8. The fourth-order valence-corrected chi connectivity index (χ4v) is 3.86. The molecule has 1 heterocycles. The molecule has 7 nitrogen and oxygen atoms in total. The van der Waals surface area contributed by atoms with Crippen molar-refractivity contribution >= 4 is 12.2 Å². The van der Waals surface area contributed by atoms with Gasteiger partial charge in [-0.25, -0.2) is 9.48 Å². The van der Waals surface area contributed by atoms with Crippen LogP contribution in [-0.2, 0) is 23.2 Å². The highest BCUT2D eigenvalue weighted by Crippen LogP contribution is 2.26. The van der Waals surface area contributed by atoms with Crippen LogP contribution in [-0.4, -0.2) is 28.1 Å². The van der Waals surface area contributed by atoms with E-state index in [0.717, 1.165) is 48.3 Å². The molecule has 1 aliphatic rings. The van der Waals surface area contributed by atoms with E-state index >= 15 is 0 Å². The average Bonchev–Trinajstić information content (AvgIpc) is 3.10. The van der Waals surface area contributed by atoms with Crippen molar-refractivity contribution in [2.75, 3.05) is 0 Å². The van der Waals surface area contributed by atoms with E-state index < -0.39 is 0 Å². The Hall–Kier alpha value is -3.61. The fourth-order valence-electron chi connectivity index (χ4n) is 3.86. The predicted molar refractivity (Wildman–Crippen MR) is 126 cm³/mol. The monoisotopic (exact) mass is 447 g/mol. The molecule has 7 heteroatoms. The molecule has 0 saturated heterocycles. The van der Waals surface area contributed by atoms with Gasteiger partial charge in [0.2, 0.25) is 5.88 Å². The van der Waals surface area contributed by atoms with Crippen LogP contribution in [0.5, 0.6) is 11.6 Å². The number of ether oxygens (including phenoxy) is 2. The molecule has 3 aromatic rings. The second-order valence-corrected chi connectivity index (χ2v) is 8.21. The summed E-state index contributed by atoms with van der Waals surface area (Å²) in [7, 11) is 1.82. The zero-order valence-electron chi connectivity index (χ0n) is 19.1. The summed E-state index contributed by atoms with van der Waals surface area (Å²) in [6.45, 7) is 2.17. The fraction of sp³-hybridized carbons (Fsp3) is 0.346. The molecule has 0 spiro atoms. The van der Waals surface area contributed by atoms with E-state index in [2.05, 4.69) is 10.3 Å². The number of nitrogens with zero attached hydrogens (tertiary/aromatic N) is 3. The second-order valence-electron chi connectivity index (χ2n) is 8.21. The van der Waals surface area contributed by atoms with Crippen LogP contribution in [0.4, 0.5) is 0 Å². The number of hydrogen-bond acceptors (Lipinski definition) is 6. The van der Waals surface area contributed by atoms with E-state index in [0.29, 0.717) is 11.4 Å². The van der Waals surface area contributed by atoms with Gasteiger partial charge in [-0.3, -0.25) is 0 Å². The third-order valence-electron chi connectivity index (χ3n) is 5.67. The summed E-state index contributed by atoms with van der Waals surface area (Å²) in [6.07, 6.45) is 7.08. The van der Waals surface area contributed by atoms with Crippen LogP contribution in [0.15, 0.2) is 59.8 Å². The number of hydrogen-bond donors (Lipinski definition) is 0. The minimum absolute atomic E-state index is 0.0512. The predicted octanol–water partition coefficient (Wildman–Crippen LogP) is 5.56. The molecule has 0 atom stereocenters. The minimum Gasteiger partial charge on any atom is -0.459 e. The summed E-state index contributed by atoms with van der Waals surface area (Å²) in [5, 5.41) is 8.51. The van der Waals surface area contributed by atoms with Gasteiger partial charge in [0.25, 0.3) is 0 Å². The summed E-state index contributed by atoms with van der Waals surface area (Å²) in [6, 6.07) is 16.8. The van der Waals surface area contributed by atoms with Gasteiger partial charge in [-0.05, 0) is 62.4 Å². The molecular formula is C26H29N3O4. The molecule has 0 aliphatic heterocycles. The second kappa shape index (κ2) is 10.8. The lowest BCUT2D eigenvalue weighted by Crippen LogP contribution is -2.20. The topological polar surface area (TPSA) is 74.9 Å². The first-order chi connectivity index (χ1) is 16.1. The van der Waals surface area contributed by atoms with Crippen molar-refractivity contribution in [3.8, 4) is 11.6 Å². The lowest BCUT2D eigenvalue weighted by atomic mass is 9.98. The maximum Gasteiger partial charge on any atom is 0.338 e. The van der Waals surface area contributed by atoms with Crippen molar-refractivity contribution < 1.29 is 19.1 Å². The van der Waals surface area contributed by atoms with Crippen LogP contribution in [0.25, 0.3) is 0 Å². The number of aryl methyl sites for hydroxylation is 2. The number of benzene rings is 2. The van der Waals surface area contributed by atoms with Gasteiger partial charge in [-0.1, -0.05) is 41.9 Å². The van der Waals surface area contributed by atoms with Crippen molar-refractivity contribution in [3.05, 3.63) is 77.0 Å². The molecule has 1 fully saturated rings. The number of carbonyl (C=O) groups is 1. The summed E-state index contributed by atoms with van der Waals surface area (Å²) in [5.41, 5.74) is 3.00. The summed E-state index contributed by atoms with van der Waals surface area (Å²) in [5.74, 6) is 1.05. The maximum absolute atomic E-state index is 12.3. The molecule has 1 saturated carbocycles. The molecule has 1 aliphatic carbocycles. The largest absolute Gasteiger partial charge is 0.459 e. The van der Waals surface area contributed by atoms with Gasteiger partial charge in [-0.2, -0.15) is 5.10 Å². The van der Waals surface area contributed by atoms with Crippen molar-refractivity contribution in [1.29, 1.82) is 0 Å². The van der Waals surface area contributed by atoms with E-state index in [9.17, 15) is 4.79 Å². The van der Waals surface area contributed by atoms with Gasteiger partial charge in [0.1, 0.15) is 18.5 Å². The molecule has 33 heavy (non-hydrogen) atoms. The highest BCUT2D eigenvalue weighted by atomic mass is 16.6. The molecule has 172 valence electrons. The normalized spacial score (nSPS) is 14.4. The first-order valence-corrected chi connectivity index (χ1v) is 11.3. The first kappa shape index (κ1) is 22.6. The summed E-state index contributed by atoms with van der Waals surface area (Å²) >= 11 is 0. The van der Waals surface area contributed by atoms with Crippen LogP contribution >= 0.6 is 0 Å². The molecule has 0 unspecified atom stereocenters. The molecule has 4 rings (SSSR count). The third kappa shape index (κ3) is 6.00. The smallest absolute Gasteiger partial charge is 0.338 e. The van der Waals surface area contributed by atoms with Crippen LogP contribution < -0.4 is 4.74 Å². The number of oxime groups is 1. The zero-order chi connectivity index (χ0) is 23.0. The first-order valence-electron chi connectivity index (χ1n) is 11.3. The highest BCUT2D eigenvalue weighted by Gasteiger charge is 2.18. The Morgan fingerprint density at radius 3 is 2.55 bits per heavy atom. The van der Waals surface area contributed by atoms with Gasteiger partial charge < -0.3 is 14.3 Å². The van der Waals surface area contributed by atoms with Gasteiger partial charge in [-0.15, -0.1) is 0 Å². The van der Waals surface area contributed by atoms with Gasteiger partial charge in [0.05, 0.1) is 23.0 Å². The number of carbonyl (C=O) groups excluding carboxylic acids is 1. The Bertz CT molecular complexity index is 1080. The van der Waals surface area contributed by atoms with E-state index in [1.807, 2.05) is 56.4 Å². The zero-order valence-corrected chi connectivity index (χ0v) is 19.1. The Kier molecular flexibility index (Phi) is 7.40. The number of esters is 1. The van der Waals surface area contributed by atoms with Gasteiger partial charge >= 0.3 is 5.97 Å². The standard InChI is InChI=1S/C26H29N3O4/c1-19-24(25(29(2)28-19)32-22-9-5-3-6-10-22)17-27-31-18-20-13-15-21(16-14-20)26(30)33-23-11-7-4-8-12-23/h3,5-6,9-10,13-17,23H,4,7-8,11-12,18H2,1-2H3. The van der Waals surface area contributed by atoms with Crippen LogP contribution in [0, 0.1) is 6.92 Å². The Balaban J connectivity index is 1.32. The molecule has 0 N–H and O–H groups in total. The van der Waals surface area contributed by atoms with Crippen LogP contribution in [0.3, 0.4) is 0 Å². The summed E-state index contributed by atoms with van der Waals surface area (Å²) < 4.78 is 13.3. The van der Waals surface area contributed by atoms with Crippen molar-refractivity contribution in [1.82, 2.24) is 9.78 Å². The number of para-hydroxylation sites is 1. The number of rotatable bonds is 8. The Morgan fingerprint density at radius 1 is 1.09 bits per heavy atom. The number of aromatic nitrogens is 2. The SMILES string of the molecule is Cc1nn(C)c(Oc2ccccc2)c1C=NOCc1ccc(C(=O)OC2CCCCC2)cc1. The highest BCUT2D eigenvalue weighted by molar-refractivity contribution is 5.89. The molecule has 2 aromatic carbocycles. The average molecular weight is 448 g/mol. The minimum atomic E-state index is -0.259. The lowest BCUT2D eigenvalue weighted by molar-refractivity contribution is 0.0211. The van der Waals surface area contributed by atoms with Crippen LogP contribution in [0.1, 0.15) is 59.3 Å². The van der Waals surface area contributed by atoms with E-state index in [1.54, 1.807) is 23.0 Å². The molecule has 0 amide bonds. The van der Waals surface area contributed by atoms with Gasteiger partial charge in [0, 0.05) is 7.05 Å². The Morgan fingerprint density at radius 2 is 1.82 bits per heavy atom. The quantitative estimate of drug-likeness (QED) is 0.257.